The molecule has 0 aliphatic rings. The maximum absolute atomic E-state index is 12.5. The number of aromatic amines is 1. The van der Waals surface area contributed by atoms with Crippen molar-refractivity contribution in [2.45, 2.75) is 6.42 Å². The quantitative estimate of drug-likeness (QED) is 0.239. The number of aryl methyl sites for hydroxylation is 1. The third-order valence-corrected chi connectivity index (χ3v) is 5.95. The number of amides is 1. The second-order valence-electron chi connectivity index (χ2n) is 8.62. The fourth-order valence-corrected chi connectivity index (χ4v) is 4.12. The lowest BCUT2D eigenvalue weighted by atomic mass is 10.0. The number of phenols is 1. The molecule has 9 heteroatoms. The number of phenolic OH excluding ortho intramolecular Hbond substituents is 1. The van der Waals surface area contributed by atoms with Gasteiger partial charge in [0.25, 0.3) is 5.91 Å². The van der Waals surface area contributed by atoms with Crippen molar-refractivity contribution in [1.29, 1.82) is 0 Å². The van der Waals surface area contributed by atoms with Gasteiger partial charge in [-0.15, -0.1) is 0 Å². The van der Waals surface area contributed by atoms with Gasteiger partial charge < -0.3 is 25.3 Å². The van der Waals surface area contributed by atoms with Gasteiger partial charge in [0.2, 0.25) is 0 Å². The Labute approximate surface area is 212 Å². The van der Waals surface area contributed by atoms with Crippen LogP contribution in [0.3, 0.4) is 0 Å². The number of carbonyl (C=O) groups excluding carboxylic acids is 1. The predicted molar refractivity (Wildman–Crippen MR) is 142 cm³/mol. The van der Waals surface area contributed by atoms with Gasteiger partial charge in [0.1, 0.15) is 0 Å². The van der Waals surface area contributed by atoms with Crippen LogP contribution in [-0.4, -0.2) is 44.2 Å². The Hall–Kier alpha value is -5.05. The van der Waals surface area contributed by atoms with Crippen molar-refractivity contribution < 1.29 is 19.7 Å². The number of hydrogen-bond acceptors (Lipinski definition) is 6. The molecular formula is C28H25N5O4. The number of fused-ring (bicyclic) bond motifs is 1. The number of nitrogens with one attached hydrogen (secondary N) is 2. The molecule has 5 rings (SSSR count). The van der Waals surface area contributed by atoms with Crippen LogP contribution >= 0.6 is 0 Å². The summed E-state index contributed by atoms with van der Waals surface area (Å²) in [6.07, 6.45) is 5.38. The number of aromatic nitrogens is 3. The van der Waals surface area contributed by atoms with Crippen LogP contribution in [0.2, 0.25) is 0 Å². The minimum absolute atomic E-state index is 0.00810. The molecule has 0 aliphatic carbocycles. The Morgan fingerprint density at radius 3 is 2.73 bits per heavy atom. The Morgan fingerprint density at radius 2 is 1.97 bits per heavy atom. The van der Waals surface area contributed by atoms with Crippen molar-refractivity contribution in [2.24, 2.45) is 12.0 Å². The summed E-state index contributed by atoms with van der Waals surface area (Å²) in [5, 5.41) is 28.2. The fraction of sp³-hybridized carbons (Fsp3) is 0.107. The molecule has 0 unspecified atom stereocenters. The SMILES string of the molecule is COc1ccc(N=Cc2c(O)[nH]c3ccc(Cc4cccc(NC(=O)c5cnn(C)c5)c4)cc23)cc1O. The zero-order valence-electron chi connectivity index (χ0n) is 20.3. The van der Waals surface area contributed by atoms with Gasteiger partial charge in [-0.05, 0) is 53.9 Å². The third-order valence-electron chi connectivity index (χ3n) is 5.95. The van der Waals surface area contributed by atoms with Crippen LogP contribution in [0.15, 0.2) is 78.0 Å². The van der Waals surface area contributed by atoms with Gasteiger partial charge in [-0.2, -0.15) is 5.10 Å². The smallest absolute Gasteiger partial charge is 0.258 e. The molecule has 37 heavy (non-hydrogen) atoms. The number of methoxy groups -OCH3 is 1. The molecule has 0 saturated carbocycles. The van der Waals surface area contributed by atoms with Crippen LogP contribution in [0.25, 0.3) is 10.9 Å². The Kier molecular flexibility index (Phi) is 6.34. The highest BCUT2D eigenvalue weighted by Crippen LogP contribution is 2.31. The van der Waals surface area contributed by atoms with Crippen molar-refractivity contribution in [1.82, 2.24) is 14.8 Å². The Balaban J connectivity index is 1.37. The number of anilines is 1. The van der Waals surface area contributed by atoms with E-state index in [1.165, 1.54) is 19.4 Å². The molecule has 0 radical (unpaired) electrons. The second kappa shape index (κ2) is 9.90. The highest BCUT2D eigenvalue weighted by molar-refractivity contribution is 6.04. The monoisotopic (exact) mass is 495 g/mol. The molecule has 5 aromatic rings. The van der Waals surface area contributed by atoms with Crippen molar-refractivity contribution in [2.75, 3.05) is 12.4 Å². The third kappa shape index (κ3) is 5.15. The average Bonchev–Trinajstić information content (AvgIpc) is 3.45. The van der Waals surface area contributed by atoms with E-state index in [4.69, 9.17) is 4.74 Å². The lowest BCUT2D eigenvalue weighted by molar-refractivity contribution is 0.102. The second-order valence-corrected chi connectivity index (χ2v) is 8.62. The number of hydrogen-bond donors (Lipinski definition) is 4. The zero-order chi connectivity index (χ0) is 25.9. The molecule has 1 amide bonds. The van der Waals surface area contributed by atoms with E-state index in [1.54, 1.807) is 36.3 Å². The van der Waals surface area contributed by atoms with Gasteiger partial charge in [0, 0.05) is 42.1 Å². The highest BCUT2D eigenvalue weighted by Gasteiger charge is 2.12. The number of benzene rings is 3. The lowest BCUT2D eigenvalue weighted by Crippen LogP contribution is -2.11. The molecule has 186 valence electrons. The molecule has 9 nitrogen and oxygen atoms in total. The number of aromatic hydroxyl groups is 2. The zero-order valence-corrected chi connectivity index (χ0v) is 20.3. The van der Waals surface area contributed by atoms with E-state index < -0.39 is 0 Å². The number of rotatable bonds is 7. The van der Waals surface area contributed by atoms with Crippen LogP contribution in [0.1, 0.15) is 27.0 Å². The number of H-pyrrole nitrogens is 1. The van der Waals surface area contributed by atoms with Crippen LogP contribution in [0.4, 0.5) is 11.4 Å². The molecule has 0 saturated heterocycles. The molecular weight excluding hydrogens is 470 g/mol. The number of ether oxygens (including phenoxy) is 1. The molecule has 0 aliphatic heterocycles. The van der Waals surface area contributed by atoms with E-state index in [-0.39, 0.29) is 17.5 Å². The van der Waals surface area contributed by atoms with E-state index in [9.17, 15) is 15.0 Å². The summed E-state index contributed by atoms with van der Waals surface area (Å²) in [6, 6.07) is 18.4. The van der Waals surface area contributed by atoms with E-state index in [0.29, 0.717) is 34.7 Å². The molecule has 0 fully saturated rings. The Morgan fingerprint density at radius 1 is 1.14 bits per heavy atom. The first kappa shape index (κ1) is 23.7. The first-order valence-corrected chi connectivity index (χ1v) is 11.5. The van der Waals surface area contributed by atoms with E-state index in [0.717, 1.165) is 22.0 Å². The summed E-state index contributed by atoms with van der Waals surface area (Å²) in [5.74, 6) is 0.137. The van der Waals surface area contributed by atoms with Crippen LogP contribution in [0, 0.1) is 0 Å². The van der Waals surface area contributed by atoms with E-state index in [1.807, 2.05) is 42.5 Å². The minimum Gasteiger partial charge on any atom is -0.504 e. The summed E-state index contributed by atoms with van der Waals surface area (Å²) >= 11 is 0. The first-order chi connectivity index (χ1) is 17.9. The largest absolute Gasteiger partial charge is 0.504 e. The molecule has 2 heterocycles. The number of aliphatic imine (C=N–C) groups is 1. The topological polar surface area (TPSA) is 125 Å². The van der Waals surface area contributed by atoms with Gasteiger partial charge >= 0.3 is 0 Å². The lowest BCUT2D eigenvalue weighted by Gasteiger charge is -2.07. The summed E-state index contributed by atoms with van der Waals surface area (Å²) in [6.45, 7) is 0. The molecule has 3 aromatic carbocycles. The van der Waals surface area contributed by atoms with Gasteiger partial charge in [0.05, 0.1) is 30.1 Å². The summed E-state index contributed by atoms with van der Waals surface area (Å²) in [7, 11) is 3.24. The minimum atomic E-state index is -0.219. The maximum atomic E-state index is 12.5. The molecule has 0 bridgehead atoms. The van der Waals surface area contributed by atoms with Crippen molar-refractivity contribution in [3.8, 4) is 17.4 Å². The average molecular weight is 496 g/mol. The standard InChI is InChI=1S/C28H25N5O4/c1-33-16-19(14-30-33)27(35)31-21-5-3-4-17(11-21)10-18-6-8-24-22(12-18)23(28(36)32-24)15-29-20-7-9-26(37-2)25(34)13-20/h3-9,11-16,32,34,36H,10H2,1-2H3,(H,31,35). The summed E-state index contributed by atoms with van der Waals surface area (Å²) in [5.41, 5.74) is 5.08. The van der Waals surface area contributed by atoms with Gasteiger partial charge in [-0.3, -0.25) is 14.5 Å². The predicted octanol–water partition coefficient (Wildman–Crippen LogP) is 4.91. The number of carbonyl (C=O) groups is 1. The van der Waals surface area contributed by atoms with Gasteiger partial charge in [-0.25, -0.2) is 0 Å². The van der Waals surface area contributed by atoms with Gasteiger partial charge in [0.15, 0.2) is 17.4 Å². The van der Waals surface area contributed by atoms with Crippen LogP contribution in [-0.2, 0) is 13.5 Å². The molecule has 2 aromatic heterocycles. The fourth-order valence-electron chi connectivity index (χ4n) is 4.12. The highest BCUT2D eigenvalue weighted by atomic mass is 16.5. The van der Waals surface area contributed by atoms with Crippen LogP contribution < -0.4 is 10.1 Å². The number of nitrogens with zero attached hydrogens (tertiary/aromatic N) is 3. The van der Waals surface area contributed by atoms with E-state index in [2.05, 4.69) is 20.4 Å². The first-order valence-electron chi connectivity index (χ1n) is 11.5. The van der Waals surface area contributed by atoms with Crippen molar-refractivity contribution in [3.05, 3.63) is 95.3 Å². The van der Waals surface area contributed by atoms with E-state index >= 15 is 0 Å². The normalized spacial score (nSPS) is 11.3. The van der Waals surface area contributed by atoms with Crippen LogP contribution in [0.5, 0.6) is 17.4 Å². The van der Waals surface area contributed by atoms with Crippen molar-refractivity contribution >= 4 is 34.4 Å². The Bertz CT molecular complexity index is 1630. The molecule has 0 atom stereocenters. The summed E-state index contributed by atoms with van der Waals surface area (Å²) < 4.78 is 6.65. The summed E-state index contributed by atoms with van der Waals surface area (Å²) in [4.78, 5) is 19.9. The van der Waals surface area contributed by atoms with Gasteiger partial charge in [-0.1, -0.05) is 18.2 Å². The van der Waals surface area contributed by atoms with Crippen molar-refractivity contribution in [3.63, 3.8) is 0 Å². The molecule has 4 N–H and O–H groups in total. The maximum Gasteiger partial charge on any atom is 0.258 e. The molecule has 0 spiro atoms.